The van der Waals surface area contributed by atoms with E-state index in [1.54, 1.807) is 24.0 Å². The van der Waals surface area contributed by atoms with E-state index in [0.29, 0.717) is 24.7 Å². The Hall–Kier alpha value is -2.57. The molecule has 22 heavy (non-hydrogen) atoms. The summed E-state index contributed by atoms with van der Waals surface area (Å²) in [6.07, 6.45) is 1.81. The summed E-state index contributed by atoms with van der Waals surface area (Å²) in [4.78, 5) is 28.2. The van der Waals surface area contributed by atoms with E-state index in [-0.39, 0.29) is 12.1 Å². The Morgan fingerprint density at radius 2 is 1.82 bits per heavy atom. The maximum absolute atomic E-state index is 11.2. The number of rotatable bonds is 8. The quantitative estimate of drug-likeness (QED) is 0.431. The summed E-state index contributed by atoms with van der Waals surface area (Å²) >= 11 is 0. The van der Waals surface area contributed by atoms with Gasteiger partial charge in [-0.1, -0.05) is 6.92 Å². The van der Waals surface area contributed by atoms with Crippen LogP contribution in [0.15, 0.2) is 29.6 Å². The van der Waals surface area contributed by atoms with Crippen molar-refractivity contribution in [1.82, 2.24) is 4.98 Å². The summed E-state index contributed by atoms with van der Waals surface area (Å²) in [5, 5.41) is 18.3. The molecular weight excluding hydrogens is 288 g/mol. The topological polar surface area (TPSA) is 100.0 Å². The van der Waals surface area contributed by atoms with E-state index in [1.165, 1.54) is 6.20 Å². The van der Waals surface area contributed by atoms with Gasteiger partial charge in [-0.2, -0.15) is 0 Å². The predicted molar refractivity (Wildman–Crippen MR) is 81.0 cm³/mol. The maximum atomic E-state index is 11.2. The van der Waals surface area contributed by atoms with Crippen molar-refractivity contribution in [1.29, 1.82) is 0 Å². The highest BCUT2D eigenvalue weighted by molar-refractivity contribution is 6.13. The average molecular weight is 308 g/mol. The third-order valence-electron chi connectivity index (χ3n) is 3.02. The second-order valence-corrected chi connectivity index (χ2v) is 4.32. The van der Waals surface area contributed by atoms with Gasteiger partial charge in [-0.25, -0.2) is 14.6 Å². The Labute approximate surface area is 128 Å². The maximum Gasteiger partial charge on any atom is 0.344 e. The van der Waals surface area contributed by atoms with Gasteiger partial charge in [-0.05, 0) is 26.3 Å². The predicted octanol–water partition coefficient (Wildman–Crippen LogP) is 2.14. The molecule has 1 aromatic rings. The van der Waals surface area contributed by atoms with E-state index < -0.39 is 17.5 Å². The summed E-state index contributed by atoms with van der Waals surface area (Å²) < 4.78 is 5.26. The van der Waals surface area contributed by atoms with Gasteiger partial charge in [-0.3, -0.25) is 0 Å². The lowest BCUT2D eigenvalue weighted by atomic mass is 10.1. The highest BCUT2D eigenvalue weighted by Gasteiger charge is 2.25. The summed E-state index contributed by atoms with van der Waals surface area (Å²) in [5.41, 5.74) is 0.217. The summed E-state index contributed by atoms with van der Waals surface area (Å²) in [6, 6.07) is 3.38. The number of nitrogens with zero attached hydrogens (tertiary/aromatic N) is 2. The van der Waals surface area contributed by atoms with Crippen molar-refractivity contribution < 1.29 is 24.5 Å². The minimum atomic E-state index is -1.46. The number of pyridine rings is 1. The first-order valence-electron chi connectivity index (χ1n) is 7.02. The van der Waals surface area contributed by atoms with Crippen molar-refractivity contribution in [3.05, 3.63) is 29.6 Å². The first-order valence-corrected chi connectivity index (χ1v) is 7.02. The van der Waals surface area contributed by atoms with E-state index in [9.17, 15) is 9.59 Å². The van der Waals surface area contributed by atoms with E-state index in [4.69, 9.17) is 14.9 Å². The first-order chi connectivity index (χ1) is 10.5. The molecule has 7 nitrogen and oxygen atoms in total. The SMILES string of the molecule is CCOc1ccc(N(CC)C(CC)=C(C(=O)O)C(=O)O)cn1. The molecule has 0 fully saturated rings. The highest BCUT2D eigenvalue weighted by atomic mass is 16.5. The zero-order valence-electron chi connectivity index (χ0n) is 12.9. The lowest BCUT2D eigenvalue weighted by Gasteiger charge is -2.26. The number of carboxylic acids is 2. The fourth-order valence-electron chi connectivity index (χ4n) is 2.14. The minimum absolute atomic E-state index is 0.230. The third-order valence-corrected chi connectivity index (χ3v) is 3.02. The molecule has 0 saturated heterocycles. The molecule has 2 N–H and O–H groups in total. The number of aromatic nitrogens is 1. The first kappa shape index (κ1) is 17.5. The van der Waals surface area contributed by atoms with E-state index >= 15 is 0 Å². The largest absolute Gasteiger partial charge is 0.478 e. The number of hydrogen-bond donors (Lipinski definition) is 2. The normalized spacial score (nSPS) is 9.95. The lowest BCUT2D eigenvalue weighted by molar-refractivity contribution is -0.140. The number of carboxylic acid groups (broad SMARTS) is 2. The molecule has 0 saturated carbocycles. The van der Waals surface area contributed by atoms with Gasteiger partial charge >= 0.3 is 11.9 Å². The number of aliphatic carboxylic acids is 2. The van der Waals surface area contributed by atoms with Gasteiger partial charge in [0, 0.05) is 18.3 Å². The van der Waals surface area contributed by atoms with E-state index in [1.807, 2.05) is 13.8 Å². The van der Waals surface area contributed by atoms with Gasteiger partial charge < -0.3 is 19.8 Å². The molecule has 0 aliphatic rings. The van der Waals surface area contributed by atoms with Crippen LogP contribution in [0.5, 0.6) is 5.88 Å². The zero-order valence-corrected chi connectivity index (χ0v) is 12.9. The Kier molecular flexibility index (Phi) is 6.37. The number of ether oxygens (including phenoxy) is 1. The second-order valence-electron chi connectivity index (χ2n) is 4.32. The fourth-order valence-corrected chi connectivity index (χ4v) is 2.14. The molecule has 1 rings (SSSR count). The van der Waals surface area contributed by atoms with Crippen molar-refractivity contribution in [3.8, 4) is 5.88 Å². The lowest BCUT2D eigenvalue weighted by Crippen LogP contribution is -2.28. The molecule has 0 spiro atoms. The molecule has 0 aliphatic carbocycles. The van der Waals surface area contributed by atoms with Gasteiger partial charge in [0.2, 0.25) is 5.88 Å². The van der Waals surface area contributed by atoms with Crippen LogP contribution >= 0.6 is 0 Å². The summed E-state index contributed by atoms with van der Waals surface area (Å²) in [7, 11) is 0. The molecule has 0 aromatic carbocycles. The van der Waals surface area contributed by atoms with E-state index in [0.717, 1.165) is 0 Å². The van der Waals surface area contributed by atoms with Crippen molar-refractivity contribution in [3.63, 3.8) is 0 Å². The molecule has 0 amide bonds. The smallest absolute Gasteiger partial charge is 0.344 e. The van der Waals surface area contributed by atoms with Crippen LogP contribution in [0.2, 0.25) is 0 Å². The Morgan fingerprint density at radius 3 is 2.18 bits per heavy atom. The highest BCUT2D eigenvalue weighted by Crippen LogP contribution is 2.24. The van der Waals surface area contributed by atoms with Gasteiger partial charge in [0.25, 0.3) is 0 Å². The van der Waals surface area contributed by atoms with Crippen molar-refractivity contribution in [2.75, 3.05) is 18.1 Å². The summed E-state index contributed by atoms with van der Waals surface area (Å²) in [5.74, 6) is -2.45. The van der Waals surface area contributed by atoms with Crippen LogP contribution in [-0.4, -0.2) is 40.3 Å². The fraction of sp³-hybridized carbons (Fsp3) is 0.400. The molecule has 120 valence electrons. The molecule has 0 atom stereocenters. The molecule has 1 heterocycles. The summed E-state index contributed by atoms with van der Waals surface area (Å²) in [6.45, 7) is 6.28. The number of hydrogen-bond acceptors (Lipinski definition) is 5. The Balaban J connectivity index is 3.29. The molecular formula is C15H20N2O5. The van der Waals surface area contributed by atoms with Crippen LogP contribution in [0.25, 0.3) is 0 Å². The second kappa shape index (κ2) is 8.02. The molecule has 0 radical (unpaired) electrons. The monoisotopic (exact) mass is 308 g/mol. The molecule has 1 aromatic heterocycles. The molecule has 7 heteroatoms. The number of carbonyl (C=O) groups is 2. The van der Waals surface area contributed by atoms with E-state index in [2.05, 4.69) is 4.98 Å². The van der Waals surface area contributed by atoms with Crippen molar-refractivity contribution in [2.45, 2.75) is 27.2 Å². The van der Waals surface area contributed by atoms with Crippen molar-refractivity contribution in [2.24, 2.45) is 0 Å². The van der Waals surface area contributed by atoms with Crippen LogP contribution < -0.4 is 9.64 Å². The standard InChI is InChI=1S/C15H20N2O5/c1-4-11(13(14(18)19)15(20)21)17(5-2)10-7-8-12(16-9-10)22-6-3/h7-9H,4-6H2,1-3H3,(H,18,19)(H,20,21). The van der Waals surface area contributed by atoms with Crippen LogP contribution in [0.1, 0.15) is 27.2 Å². The molecule has 0 bridgehead atoms. The Bertz CT molecular complexity index is 550. The third kappa shape index (κ3) is 3.97. The van der Waals surface area contributed by atoms with Gasteiger partial charge in [-0.15, -0.1) is 0 Å². The number of anilines is 1. The zero-order chi connectivity index (χ0) is 16.7. The van der Waals surface area contributed by atoms with Crippen LogP contribution in [0.4, 0.5) is 5.69 Å². The minimum Gasteiger partial charge on any atom is -0.478 e. The van der Waals surface area contributed by atoms with Crippen LogP contribution in [0.3, 0.4) is 0 Å². The van der Waals surface area contributed by atoms with Gasteiger partial charge in [0.1, 0.15) is 0 Å². The molecule has 0 unspecified atom stereocenters. The average Bonchev–Trinajstić information content (AvgIpc) is 2.48. The molecule has 0 aliphatic heterocycles. The number of allylic oxidation sites excluding steroid dienone is 1. The van der Waals surface area contributed by atoms with Gasteiger partial charge in [0.05, 0.1) is 18.5 Å². The van der Waals surface area contributed by atoms with Crippen LogP contribution in [-0.2, 0) is 9.59 Å². The van der Waals surface area contributed by atoms with Gasteiger partial charge in [0.15, 0.2) is 5.57 Å². The van der Waals surface area contributed by atoms with Crippen LogP contribution in [0, 0.1) is 0 Å². The Morgan fingerprint density at radius 1 is 1.18 bits per heavy atom. The van der Waals surface area contributed by atoms with Crippen molar-refractivity contribution >= 4 is 17.6 Å².